The third-order valence-electron chi connectivity index (χ3n) is 2.03. The van der Waals surface area contributed by atoms with Crippen LogP contribution < -0.4 is 4.74 Å². The molecule has 0 spiro atoms. The third-order valence-corrected chi connectivity index (χ3v) is 4.27. The number of benzene rings is 1. The molecule has 5 heteroatoms. The molecule has 0 saturated heterocycles. The van der Waals surface area contributed by atoms with Crippen LogP contribution in [0.4, 0.5) is 0 Å². The zero-order valence-electron chi connectivity index (χ0n) is 7.78. The fourth-order valence-corrected chi connectivity index (χ4v) is 3.10. The minimum Gasteiger partial charge on any atom is -0.497 e. The van der Waals surface area contributed by atoms with E-state index in [-0.39, 0.29) is 0 Å². The number of ether oxygens (including phenoxy) is 1. The van der Waals surface area contributed by atoms with Crippen LogP contribution in [-0.4, -0.2) is 18.2 Å². The average molecular weight is 287 g/mol. The first-order chi connectivity index (χ1) is 7.13. The van der Waals surface area contributed by atoms with E-state index < -0.39 is 5.97 Å². The lowest BCUT2D eigenvalue weighted by Gasteiger charge is -1.98. The molecule has 2 aromatic rings. The standard InChI is InChI=1S/C10H7BrO3S/c1-14-5-2-3-7-6(4-5)8(11)9(15-7)10(12)13/h2-4H,1H3,(H,12,13). The molecule has 1 aromatic heterocycles. The van der Waals surface area contributed by atoms with Gasteiger partial charge in [0.15, 0.2) is 0 Å². The van der Waals surface area contributed by atoms with E-state index in [0.717, 1.165) is 15.8 Å². The van der Waals surface area contributed by atoms with Gasteiger partial charge in [0.25, 0.3) is 0 Å². The van der Waals surface area contributed by atoms with Crippen LogP contribution in [0.2, 0.25) is 0 Å². The van der Waals surface area contributed by atoms with Crippen molar-refractivity contribution in [1.29, 1.82) is 0 Å². The Morgan fingerprint density at radius 3 is 2.87 bits per heavy atom. The molecule has 15 heavy (non-hydrogen) atoms. The number of halogens is 1. The van der Waals surface area contributed by atoms with Gasteiger partial charge in [0.05, 0.1) is 11.6 Å². The third kappa shape index (κ3) is 1.72. The van der Waals surface area contributed by atoms with E-state index in [1.807, 2.05) is 18.2 Å². The SMILES string of the molecule is COc1ccc2sc(C(=O)O)c(Br)c2c1. The molecule has 0 bridgehead atoms. The number of thiophene rings is 1. The van der Waals surface area contributed by atoms with Gasteiger partial charge in [-0.1, -0.05) is 0 Å². The Hall–Kier alpha value is -1.07. The first kappa shape index (κ1) is 10.4. The van der Waals surface area contributed by atoms with Crippen molar-refractivity contribution < 1.29 is 14.6 Å². The summed E-state index contributed by atoms with van der Waals surface area (Å²) in [5.74, 6) is -0.194. The number of fused-ring (bicyclic) bond motifs is 1. The van der Waals surface area contributed by atoms with Crippen molar-refractivity contribution in [2.75, 3.05) is 7.11 Å². The first-order valence-corrected chi connectivity index (χ1v) is 5.73. The van der Waals surface area contributed by atoms with Crippen LogP contribution in [0.15, 0.2) is 22.7 Å². The molecule has 0 atom stereocenters. The number of hydrogen-bond donors (Lipinski definition) is 1. The average Bonchev–Trinajstić information content (AvgIpc) is 2.56. The molecule has 0 unspecified atom stereocenters. The summed E-state index contributed by atoms with van der Waals surface area (Å²) in [5, 5.41) is 9.81. The van der Waals surface area contributed by atoms with E-state index in [1.54, 1.807) is 7.11 Å². The summed E-state index contributed by atoms with van der Waals surface area (Å²) in [6, 6.07) is 5.50. The van der Waals surface area contributed by atoms with Crippen LogP contribution in [0.1, 0.15) is 9.67 Å². The van der Waals surface area contributed by atoms with Gasteiger partial charge in [-0.15, -0.1) is 11.3 Å². The fraction of sp³-hybridized carbons (Fsp3) is 0.100. The molecular weight excluding hydrogens is 280 g/mol. The lowest BCUT2D eigenvalue weighted by Crippen LogP contribution is -1.91. The second-order valence-corrected chi connectivity index (χ2v) is 4.76. The van der Waals surface area contributed by atoms with E-state index in [4.69, 9.17) is 9.84 Å². The highest BCUT2D eigenvalue weighted by atomic mass is 79.9. The Balaban J connectivity index is 2.72. The molecule has 0 amide bonds. The van der Waals surface area contributed by atoms with Crippen LogP contribution in [0.5, 0.6) is 5.75 Å². The molecular formula is C10H7BrO3S. The smallest absolute Gasteiger partial charge is 0.347 e. The highest BCUT2D eigenvalue weighted by Crippen LogP contribution is 2.37. The number of rotatable bonds is 2. The summed E-state index contributed by atoms with van der Waals surface area (Å²) in [4.78, 5) is 11.2. The van der Waals surface area contributed by atoms with Gasteiger partial charge < -0.3 is 9.84 Å². The molecule has 1 aromatic carbocycles. The van der Waals surface area contributed by atoms with E-state index in [2.05, 4.69) is 15.9 Å². The van der Waals surface area contributed by atoms with Crippen LogP contribution >= 0.6 is 27.3 Å². The zero-order chi connectivity index (χ0) is 11.0. The predicted octanol–water partition coefficient (Wildman–Crippen LogP) is 3.37. The van der Waals surface area contributed by atoms with E-state index in [9.17, 15) is 4.79 Å². The van der Waals surface area contributed by atoms with Crippen molar-refractivity contribution in [1.82, 2.24) is 0 Å². The van der Waals surface area contributed by atoms with Crippen molar-refractivity contribution in [3.63, 3.8) is 0 Å². The molecule has 0 aliphatic carbocycles. The predicted molar refractivity (Wildman–Crippen MR) is 63.0 cm³/mol. The number of aromatic carboxylic acids is 1. The normalized spacial score (nSPS) is 10.5. The second kappa shape index (κ2) is 3.83. The zero-order valence-corrected chi connectivity index (χ0v) is 10.2. The minimum atomic E-state index is -0.915. The molecule has 0 aliphatic rings. The Kier molecular flexibility index (Phi) is 2.67. The van der Waals surface area contributed by atoms with Crippen molar-refractivity contribution in [3.8, 4) is 5.75 Å². The lowest BCUT2D eigenvalue weighted by molar-refractivity contribution is 0.0701. The number of hydrogen-bond acceptors (Lipinski definition) is 3. The van der Waals surface area contributed by atoms with Crippen molar-refractivity contribution in [2.45, 2.75) is 0 Å². The largest absolute Gasteiger partial charge is 0.497 e. The maximum absolute atomic E-state index is 10.9. The maximum Gasteiger partial charge on any atom is 0.347 e. The van der Waals surface area contributed by atoms with Crippen LogP contribution in [-0.2, 0) is 0 Å². The number of methoxy groups -OCH3 is 1. The molecule has 1 N–H and O–H groups in total. The van der Waals surface area contributed by atoms with Gasteiger partial charge in [0.2, 0.25) is 0 Å². The highest BCUT2D eigenvalue weighted by Gasteiger charge is 2.15. The quantitative estimate of drug-likeness (QED) is 0.921. The summed E-state index contributed by atoms with van der Waals surface area (Å²) in [6.45, 7) is 0. The van der Waals surface area contributed by atoms with Crippen molar-refractivity contribution in [3.05, 3.63) is 27.5 Å². The topological polar surface area (TPSA) is 46.5 Å². The van der Waals surface area contributed by atoms with Gasteiger partial charge in [0.1, 0.15) is 10.6 Å². The number of carbonyl (C=O) groups is 1. The van der Waals surface area contributed by atoms with Crippen LogP contribution in [0.25, 0.3) is 10.1 Å². The summed E-state index contributed by atoms with van der Waals surface area (Å²) in [5.41, 5.74) is 0. The van der Waals surface area contributed by atoms with E-state index in [1.165, 1.54) is 11.3 Å². The van der Waals surface area contributed by atoms with E-state index >= 15 is 0 Å². The molecule has 2 rings (SSSR count). The molecule has 0 fully saturated rings. The fourth-order valence-electron chi connectivity index (χ4n) is 1.31. The van der Waals surface area contributed by atoms with Crippen molar-refractivity contribution >= 4 is 43.3 Å². The van der Waals surface area contributed by atoms with Crippen LogP contribution in [0.3, 0.4) is 0 Å². The van der Waals surface area contributed by atoms with Gasteiger partial charge in [-0.05, 0) is 34.1 Å². The van der Waals surface area contributed by atoms with Gasteiger partial charge >= 0.3 is 5.97 Å². The summed E-state index contributed by atoms with van der Waals surface area (Å²) < 4.78 is 6.63. The highest BCUT2D eigenvalue weighted by molar-refractivity contribution is 9.10. The van der Waals surface area contributed by atoms with Crippen LogP contribution in [0, 0.1) is 0 Å². The molecule has 1 heterocycles. The second-order valence-electron chi connectivity index (χ2n) is 2.91. The number of carboxylic acid groups (broad SMARTS) is 1. The summed E-state index contributed by atoms with van der Waals surface area (Å²) in [7, 11) is 1.58. The Morgan fingerprint density at radius 2 is 2.27 bits per heavy atom. The van der Waals surface area contributed by atoms with E-state index in [0.29, 0.717) is 9.35 Å². The van der Waals surface area contributed by atoms with Crippen molar-refractivity contribution in [2.24, 2.45) is 0 Å². The van der Waals surface area contributed by atoms with Gasteiger partial charge in [-0.3, -0.25) is 0 Å². The molecule has 0 aliphatic heterocycles. The Labute approximate surface area is 98.4 Å². The molecule has 0 radical (unpaired) electrons. The maximum atomic E-state index is 10.9. The molecule has 3 nitrogen and oxygen atoms in total. The molecule has 0 saturated carbocycles. The Morgan fingerprint density at radius 1 is 1.53 bits per heavy atom. The monoisotopic (exact) mass is 286 g/mol. The van der Waals surface area contributed by atoms with Gasteiger partial charge in [0, 0.05) is 10.1 Å². The van der Waals surface area contributed by atoms with Gasteiger partial charge in [-0.2, -0.15) is 0 Å². The lowest BCUT2D eigenvalue weighted by atomic mass is 10.2. The first-order valence-electron chi connectivity index (χ1n) is 4.13. The summed E-state index contributed by atoms with van der Waals surface area (Å²) in [6.07, 6.45) is 0. The summed E-state index contributed by atoms with van der Waals surface area (Å²) >= 11 is 4.54. The molecule has 78 valence electrons. The van der Waals surface area contributed by atoms with Gasteiger partial charge in [-0.25, -0.2) is 4.79 Å². The Bertz CT molecular complexity index is 533. The minimum absolute atomic E-state index is 0.318. The number of carboxylic acids is 1.